The Bertz CT molecular complexity index is 620. The van der Waals surface area contributed by atoms with Gasteiger partial charge in [-0.15, -0.1) is 0 Å². The molecule has 1 atom stereocenters. The molecule has 0 bridgehead atoms. The van der Waals surface area contributed by atoms with Crippen molar-refractivity contribution >= 4 is 23.7 Å². The molecule has 0 radical (unpaired) electrons. The van der Waals surface area contributed by atoms with Gasteiger partial charge in [-0.3, -0.25) is 0 Å². The van der Waals surface area contributed by atoms with Gasteiger partial charge in [0.25, 0.3) is 0 Å². The van der Waals surface area contributed by atoms with Gasteiger partial charge in [-0.2, -0.15) is 0 Å². The lowest BCUT2D eigenvalue weighted by atomic mass is 9.96. The van der Waals surface area contributed by atoms with Crippen LogP contribution in [0.4, 0.5) is 4.79 Å². The van der Waals surface area contributed by atoms with E-state index >= 15 is 0 Å². The molecule has 0 aliphatic carbocycles. The van der Waals surface area contributed by atoms with Crippen molar-refractivity contribution in [1.82, 2.24) is 9.55 Å². The molecule has 1 heterocycles. The second-order valence-electron chi connectivity index (χ2n) is 4.20. The topological polar surface area (TPSA) is 81.4 Å². The minimum Gasteiger partial charge on any atom is -0.374 e. The summed E-state index contributed by atoms with van der Waals surface area (Å²) in [4.78, 5) is 27.1. The lowest BCUT2D eigenvalue weighted by Gasteiger charge is -2.20. The molecule has 0 saturated carbocycles. The second-order valence-corrected chi connectivity index (χ2v) is 4.64. The minimum absolute atomic E-state index is 0.269. The quantitative estimate of drug-likeness (QED) is 0.676. The third kappa shape index (κ3) is 2.87. The molecule has 104 valence electrons. The maximum absolute atomic E-state index is 11.9. The highest BCUT2D eigenvalue weighted by molar-refractivity contribution is 6.30. The van der Waals surface area contributed by atoms with E-state index in [2.05, 4.69) is 9.72 Å². The average molecular weight is 295 g/mol. The normalized spacial score (nSPS) is 13.6. The van der Waals surface area contributed by atoms with Crippen molar-refractivity contribution in [3.8, 4) is 0 Å². The summed E-state index contributed by atoms with van der Waals surface area (Å²) in [6, 6.07) is 6.00. The number of imidazole rings is 1. The Labute approximate surface area is 119 Å². The maximum atomic E-state index is 11.9. The molecule has 1 unspecified atom stereocenters. The molecule has 0 amide bonds. The monoisotopic (exact) mass is 294 g/mol. The minimum atomic E-state index is -1.96. The number of halogens is 1. The first-order valence-corrected chi connectivity index (χ1v) is 6.02. The molecule has 0 spiro atoms. The van der Waals surface area contributed by atoms with Crippen molar-refractivity contribution in [2.75, 3.05) is 0 Å². The molecule has 6 nitrogen and oxygen atoms in total. The smallest absolute Gasteiger partial charge is 0.374 e. The molecule has 7 heteroatoms. The fraction of sp³-hybridized carbons (Fsp3) is 0.154. The second kappa shape index (κ2) is 5.44. The number of aliphatic hydroxyl groups is 1. The highest BCUT2D eigenvalue weighted by Crippen LogP contribution is 2.24. The first-order chi connectivity index (χ1) is 9.41. The van der Waals surface area contributed by atoms with Crippen LogP contribution in [0.15, 0.2) is 43.0 Å². The number of esters is 1. The van der Waals surface area contributed by atoms with E-state index in [1.165, 1.54) is 49.9 Å². The first-order valence-electron chi connectivity index (χ1n) is 5.64. The van der Waals surface area contributed by atoms with Gasteiger partial charge in [-0.05, 0) is 24.6 Å². The first kappa shape index (κ1) is 14.2. The van der Waals surface area contributed by atoms with E-state index in [-0.39, 0.29) is 5.56 Å². The molecule has 0 saturated heterocycles. The van der Waals surface area contributed by atoms with Gasteiger partial charge in [0.1, 0.15) is 6.33 Å². The van der Waals surface area contributed by atoms with Gasteiger partial charge in [0.15, 0.2) is 5.60 Å². The van der Waals surface area contributed by atoms with Crippen LogP contribution < -0.4 is 0 Å². The van der Waals surface area contributed by atoms with Crippen LogP contribution in [0.25, 0.3) is 0 Å². The Balaban J connectivity index is 2.15. The molecule has 0 aliphatic heterocycles. The van der Waals surface area contributed by atoms with Crippen molar-refractivity contribution < 1.29 is 19.4 Å². The van der Waals surface area contributed by atoms with Gasteiger partial charge >= 0.3 is 12.1 Å². The van der Waals surface area contributed by atoms with Gasteiger partial charge in [0.05, 0.1) is 0 Å². The highest BCUT2D eigenvalue weighted by atomic mass is 35.5. The standard InChI is InChI=1S/C13H11ClN2O4/c1-13(19,9-2-4-10(14)5-3-9)11(17)20-12(18)16-7-6-15-8-16/h2-8,19H,1H3. The number of benzene rings is 1. The zero-order valence-electron chi connectivity index (χ0n) is 10.5. The third-order valence-corrected chi connectivity index (χ3v) is 2.95. The molecule has 0 aliphatic rings. The summed E-state index contributed by atoms with van der Waals surface area (Å²) >= 11 is 5.73. The van der Waals surface area contributed by atoms with Crippen molar-refractivity contribution in [2.45, 2.75) is 12.5 Å². The summed E-state index contributed by atoms with van der Waals surface area (Å²) in [5, 5.41) is 10.7. The summed E-state index contributed by atoms with van der Waals surface area (Å²) in [7, 11) is 0. The molecule has 2 rings (SSSR count). The Morgan fingerprint density at radius 1 is 1.35 bits per heavy atom. The number of rotatable bonds is 2. The third-order valence-electron chi connectivity index (χ3n) is 2.70. The van der Waals surface area contributed by atoms with Crippen LogP contribution in [0, 0.1) is 0 Å². The molecule has 0 fully saturated rings. The van der Waals surface area contributed by atoms with E-state index in [9.17, 15) is 14.7 Å². The maximum Gasteiger partial charge on any atom is 0.427 e. The van der Waals surface area contributed by atoms with E-state index in [1.807, 2.05) is 0 Å². The summed E-state index contributed by atoms with van der Waals surface area (Å²) in [5.41, 5.74) is -1.69. The lowest BCUT2D eigenvalue weighted by Crippen LogP contribution is -2.36. The predicted molar refractivity (Wildman–Crippen MR) is 70.1 cm³/mol. The van der Waals surface area contributed by atoms with E-state index in [1.54, 1.807) is 0 Å². The Morgan fingerprint density at radius 2 is 2.00 bits per heavy atom. The van der Waals surface area contributed by atoms with Crippen LogP contribution in [0.5, 0.6) is 0 Å². The van der Waals surface area contributed by atoms with E-state index in [0.717, 1.165) is 4.57 Å². The highest BCUT2D eigenvalue weighted by Gasteiger charge is 2.36. The Morgan fingerprint density at radius 3 is 2.55 bits per heavy atom. The molecular formula is C13H11ClN2O4. The molecule has 20 heavy (non-hydrogen) atoms. The Hall–Kier alpha value is -2.18. The number of nitrogens with zero attached hydrogens (tertiary/aromatic N) is 2. The van der Waals surface area contributed by atoms with Gasteiger partial charge in [0.2, 0.25) is 0 Å². The van der Waals surface area contributed by atoms with E-state index < -0.39 is 17.7 Å². The van der Waals surface area contributed by atoms with Crippen molar-refractivity contribution in [3.63, 3.8) is 0 Å². The summed E-state index contributed by atoms with van der Waals surface area (Å²) < 4.78 is 5.59. The van der Waals surface area contributed by atoms with Gasteiger partial charge < -0.3 is 9.84 Å². The fourth-order valence-corrected chi connectivity index (χ4v) is 1.62. The van der Waals surface area contributed by atoms with Gasteiger partial charge in [-0.25, -0.2) is 19.1 Å². The molecule has 1 aromatic carbocycles. The SMILES string of the molecule is CC(O)(C(=O)OC(=O)n1ccnc1)c1ccc(Cl)cc1. The summed E-state index contributed by atoms with van der Waals surface area (Å²) in [5.74, 6) is -1.08. The molecular weight excluding hydrogens is 284 g/mol. The molecule has 1 N–H and O–H groups in total. The fourth-order valence-electron chi connectivity index (χ4n) is 1.49. The number of carbonyl (C=O) groups excluding carboxylic acids is 2. The van der Waals surface area contributed by atoms with Crippen LogP contribution in [-0.2, 0) is 15.1 Å². The lowest BCUT2D eigenvalue weighted by molar-refractivity contribution is -0.157. The number of ether oxygens (including phenoxy) is 1. The Kier molecular flexibility index (Phi) is 3.87. The zero-order chi connectivity index (χ0) is 14.8. The zero-order valence-corrected chi connectivity index (χ0v) is 11.2. The number of aromatic nitrogens is 2. The van der Waals surface area contributed by atoms with Crippen LogP contribution >= 0.6 is 11.6 Å². The van der Waals surface area contributed by atoms with Crippen LogP contribution in [0.2, 0.25) is 5.02 Å². The van der Waals surface area contributed by atoms with Crippen molar-refractivity contribution in [2.24, 2.45) is 0 Å². The predicted octanol–water partition coefficient (Wildman–Crippen LogP) is 1.96. The largest absolute Gasteiger partial charge is 0.427 e. The van der Waals surface area contributed by atoms with E-state index in [4.69, 9.17) is 11.6 Å². The molecule has 2 aromatic rings. The summed E-state index contributed by atoms with van der Waals surface area (Å²) in [6.07, 6.45) is 2.93. The van der Waals surface area contributed by atoms with Gasteiger partial charge in [0, 0.05) is 17.4 Å². The van der Waals surface area contributed by atoms with Gasteiger partial charge in [-0.1, -0.05) is 23.7 Å². The number of carbonyl (C=O) groups is 2. The van der Waals surface area contributed by atoms with Crippen LogP contribution in [-0.4, -0.2) is 26.7 Å². The van der Waals surface area contributed by atoms with E-state index in [0.29, 0.717) is 5.02 Å². The van der Waals surface area contributed by atoms with Crippen molar-refractivity contribution in [3.05, 3.63) is 53.6 Å². The number of hydrogen-bond donors (Lipinski definition) is 1. The average Bonchev–Trinajstić information content (AvgIpc) is 2.93. The van der Waals surface area contributed by atoms with Crippen LogP contribution in [0.3, 0.4) is 0 Å². The number of hydrogen-bond acceptors (Lipinski definition) is 5. The summed E-state index contributed by atoms with van der Waals surface area (Å²) in [6.45, 7) is 1.24. The molecule has 1 aromatic heterocycles. The van der Waals surface area contributed by atoms with Crippen molar-refractivity contribution in [1.29, 1.82) is 0 Å². The van der Waals surface area contributed by atoms with Crippen LogP contribution in [0.1, 0.15) is 12.5 Å².